The molecule has 10 aromatic rings. The van der Waals surface area contributed by atoms with Crippen molar-refractivity contribution >= 4 is 43.7 Å². The molecule has 0 unspecified atom stereocenters. The average molecular weight is 641 g/mol. The second-order valence-electron chi connectivity index (χ2n) is 12.4. The molecule has 0 aliphatic rings. The fourth-order valence-electron chi connectivity index (χ4n) is 7.19. The number of benzene rings is 4. The zero-order valence-corrected chi connectivity index (χ0v) is 26.8. The third-order valence-electron chi connectivity index (χ3n) is 9.61. The molecule has 6 heterocycles. The van der Waals surface area contributed by atoms with Gasteiger partial charge >= 0.3 is 0 Å². The molecule has 0 amide bonds. The lowest BCUT2D eigenvalue weighted by Gasteiger charge is -2.10. The molecule has 0 radical (unpaired) electrons. The lowest BCUT2D eigenvalue weighted by Crippen LogP contribution is -1.94. The van der Waals surface area contributed by atoms with Crippen LogP contribution in [0.4, 0.5) is 0 Å². The normalized spacial score (nSPS) is 11.6. The molecule has 234 valence electrons. The molecule has 0 saturated carbocycles. The van der Waals surface area contributed by atoms with Gasteiger partial charge in [0, 0.05) is 69.6 Å². The van der Waals surface area contributed by atoms with Gasteiger partial charge < -0.3 is 9.13 Å². The number of para-hydroxylation sites is 2. The Morgan fingerprint density at radius 1 is 0.340 bits per heavy atom. The highest BCUT2D eigenvalue weighted by Crippen LogP contribution is 2.34. The quantitative estimate of drug-likeness (QED) is 0.188. The average Bonchev–Trinajstić information content (AvgIpc) is 3.71. The van der Waals surface area contributed by atoms with E-state index in [9.17, 15) is 0 Å². The number of nitrogens with zero attached hydrogens (tertiary/aromatic N) is 6. The highest BCUT2D eigenvalue weighted by atomic mass is 15.0. The third-order valence-corrected chi connectivity index (χ3v) is 9.61. The van der Waals surface area contributed by atoms with Gasteiger partial charge in [-0.3, -0.25) is 19.9 Å². The lowest BCUT2D eigenvalue weighted by atomic mass is 10.1. The highest BCUT2D eigenvalue weighted by Gasteiger charge is 2.14. The van der Waals surface area contributed by atoms with Crippen LogP contribution in [0.5, 0.6) is 0 Å². The van der Waals surface area contributed by atoms with Crippen LogP contribution in [0.1, 0.15) is 0 Å². The highest BCUT2D eigenvalue weighted by molar-refractivity contribution is 6.09. The molecule has 0 saturated heterocycles. The number of aromatic nitrogens is 6. The van der Waals surface area contributed by atoms with Gasteiger partial charge in [-0.05, 0) is 77.9 Å². The summed E-state index contributed by atoms with van der Waals surface area (Å²) in [4.78, 5) is 18.6. The number of fused-ring (bicyclic) bond motifs is 6. The van der Waals surface area contributed by atoms with E-state index in [1.807, 2.05) is 49.2 Å². The Morgan fingerprint density at radius 3 is 1.48 bits per heavy atom. The van der Waals surface area contributed by atoms with E-state index in [0.29, 0.717) is 0 Å². The predicted octanol–water partition coefficient (Wildman–Crippen LogP) is 10.5. The maximum atomic E-state index is 4.79. The smallest absolute Gasteiger partial charge is 0.0963 e. The van der Waals surface area contributed by atoms with E-state index in [1.54, 1.807) is 0 Å². The second-order valence-corrected chi connectivity index (χ2v) is 12.4. The Hall–Kier alpha value is -6.92. The van der Waals surface area contributed by atoms with Crippen LogP contribution in [-0.2, 0) is 0 Å². The molecule has 10 rings (SSSR count). The third kappa shape index (κ3) is 4.50. The van der Waals surface area contributed by atoms with Crippen LogP contribution in [-0.4, -0.2) is 29.1 Å². The molecular weight excluding hydrogens is 613 g/mol. The van der Waals surface area contributed by atoms with Crippen LogP contribution in [0.15, 0.2) is 171 Å². The second kappa shape index (κ2) is 11.4. The molecule has 4 aromatic carbocycles. The van der Waals surface area contributed by atoms with Gasteiger partial charge in [0.15, 0.2) is 0 Å². The molecule has 6 heteroatoms. The van der Waals surface area contributed by atoms with Gasteiger partial charge in [-0.1, -0.05) is 72.8 Å². The van der Waals surface area contributed by atoms with Crippen molar-refractivity contribution in [2.24, 2.45) is 0 Å². The summed E-state index contributed by atoms with van der Waals surface area (Å²) in [5, 5.41) is 3.51. The van der Waals surface area contributed by atoms with E-state index in [2.05, 4.69) is 140 Å². The first kappa shape index (κ1) is 28.1. The van der Waals surface area contributed by atoms with Crippen molar-refractivity contribution in [2.75, 3.05) is 0 Å². The number of hydrogen-bond acceptors (Lipinski definition) is 4. The minimum absolute atomic E-state index is 0.839. The van der Waals surface area contributed by atoms with Crippen LogP contribution < -0.4 is 0 Å². The Bertz CT molecular complexity index is 2520. The molecule has 0 fully saturated rings. The predicted molar refractivity (Wildman–Crippen MR) is 203 cm³/mol. The van der Waals surface area contributed by atoms with Crippen molar-refractivity contribution in [3.05, 3.63) is 171 Å². The summed E-state index contributed by atoms with van der Waals surface area (Å²) in [6.07, 6.45) is 9.50. The molecule has 0 atom stereocenters. The largest absolute Gasteiger partial charge is 0.309 e. The minimum atomic E-state index is 0.839. The summed E-state index contributed by atoms with van der Waals surface area (Å²) in [7, 11) is 0. The maximum Gasteiger partial charge on any atom is 0.0963 e. The fourth-order valence-corrected chi connectivity index (χ4v) is 7.19. The van der Waals surface area contributed by atoms with E-state index in [1.165, 1.54) is 10.9 Å². The van der Waals surface area contributed by atoms with E-state index in [4.69, 9.17) is 9.97 Å². The summed E-state index contributed by atoms with van der Waals surface area (Å²) < 4.78 is 4.57. The molecule has 0 aliphatic carbocycles. The van der Waals surface area contributed by atoms with Crippen LogP contribution in [0, 0.1) is 0 Å². The first-order valence-corrected chi connectivity index (χ1v) is 16.6. The molecule has 0 aliphatic heterocycles. The molecule has 0 spiro atoms. The number of pyridine rings is 4. The molecule has 0 N–H and O–H groups in total. The Balaban J connectivity index is 0.893. The van der Waals surface area contributed by atoms with Gasteiger partial charge in [0.2, 0.25) is 0 Å². The Kier molecular flexibility index (Phi) is 6.39. The van der Waals surface area contributed by atoms with Crippen molar-refractivity contribution < 1.29 is 0 Å². The molecule has 0 bridgehead atoms. The van der Waals surface area contributed by atoms with Crippen molar-refractivity contribution in [1.29, 1.82) is 0 Å². The van der Waals surface area contributed by atoms with Crippen molar-refractivity contribution in [3.63, 3.8) is 0 Å². The summed E-state index contributed by atoms with van der Waals surface area (Å²) >= 11 is 0. The summed E-state index contributed by atoms with van der Waals surface area (Å²) in [5.41, 5.74) is 13.8. The van der Waals surface area contributed by atoms with Gasteiger partial charge in [-0.25, -0.2) is 0 Å². The van der Waals surface area contributed by atoms with E-state index >= 15 is 0 Å². The lowest BCUT2D eigenvalue weighted by molar-refractivity contribution is 1.17. The first-order chi connectivity index (χ1) is 24.8. The minimum Gasteiger partial charge on any atom is -0.309 e. The summed E-state index contributed by atoms with van der Waals surface area (Å²) in [6, 6.07) is 48.7. The zero-order valence-electron chi connectivity index (χ0n) is 26.8. The van der Waals surface area contributed by atoms with Crippen LogP contribution in [0.25, 0.3) is 88.8 Å². The van der Waals surface area contributed by atoms with Crippen LogP contribution >= 0.6 is 0 Å². The summed E-state index contributed by atoms with van der Waals surface area (Å²) in [6.45, 7) is 0. The molecule has 50 heavy (non-hydrogen) atoms. The van der Waals surface area contributed by atoms with Gasteiger partial charge in [0.25, 0.3) is 0 Å². The monoisotopic (exact) mass is 640 g/mol. The molecule has 6 nitrogen and oxygen atoms in total. The summed E-state index contributed by atoms with van der Waals surface area (Å²) in [5.74, 6) is 0. The SMILES string of the molecule is c1ccc2c(c1)c1cnccc1n2-c1ccc(-c2ccc(-c3ccc(-c4ccc(-n5c6ccccc6c6ncccc65)cc4)cn3)nc2)cc1. The number of hydrogen-bond donors (Lipinski definition) is 0. The molecular formula is C44H28N6. The van der Waals surface area contributed by atoms with Crippen molar-refractivity contribution in [2.45, 2.75) is 0 Å². The van der Waals surface area contributed by atoms with E-state index < -0.39 is 0 Å². The Labute approximate surface area is 287 Å². The van der Waals surface area contributed by atoms with Gasteiger partial charge in [-0.2, -0.15) is 0 Å². The van der Waals surface area contributed by atoms with Crippen LogP contribution in [0.2, 0.25) is 0 Å². The number of rotatable bonds is 5. The van der Waals surface area contributed by atoms with Gasteiger partial charge in [0.05, 0.1) is 39.0 Å². The van der Waals surface area contributed by atoms with Gasteiger partial charge in [0.1, 0.15) is 0 Å². The fraction of sp³-hybridized carbons (Fsp3) is 0. The zero-order chi connectivity index (χ0) is 33.0. The maximum absolute atomic E-state index is 4.79. The van der Waals surface area contributed by atoms with E-state index in [-0.39, 0.29) is 0 Å². The van der Waals surface area contributed by atoms with Crippen molar-refractivity contribution in [3.8, 4) is 45.0 Å². The van der Waals surface area contributed by atoms with Crippen molar-refractivity contribution in [1.82, 2.24) is 29.1 Å². The van der Waals surface area contributed by atoms with Crippen LogP contribution in [0.3, 0.4) is 0 Å². The topological polar surface area (TPSA) is 61.4 Å². The molecule has 6 aromatic heterocycles. The van der Waals surface area contributed by atoms with Gasteiger partial charge in [-0.15, -0.1) is 0 Å². The Morgan fingerprint density at radius 2 is 0.860 bits per heavy atom. The standard InChI is InChI=1S/C44H28N6/c1-3-8-40-35(6-1)37-28-45-25-23-42(37)49(40)33-17-11-29(12-18-33)31-15-21-38(47-26-31)39-22-16-32(27-48-39)30-13-19-34(20-14-30)50-41-9-4-2-7-36(41)44-43(50)10-5-24-46-44/h1-28H. The van der Waals surface area contributed by atoms with E-state index in [0.717, 1.165) is 77.9 Å². The first-order valence-electron chi connectivity index (χ1n) is 16.6.